The van der Waals surface area contributed by atoms with Crippen molar-refractivity contribution in [2.24, 2.45) is 0 Å². The lowest BCUT2D eigenvalue weighted by atomic mass is 10.0. The van der Waals surface area contributed by atoms with Gasteiger partial charge in [0.1, 0.15) is 24.9 Å². The number of rotatable bonds is 40. The van der Waals surface area contributed by atoms with Gasteiger partial charge in [0.25, 0.3) is 10.1 Å². The fourth-order valence-corrected chi connectivity index (χ4v) is 6.87. The second-order valence-electron chi connectivity index (χ2n) is 15.2. The van der Waals surface area contributed by atoms with Crippen LogP contribution in [0.1, 0.15) is 214 Å². The maximum atomic E-state index is 12.6. The first-order valence-corrected chi connectivity index (χ1v) is 23.9. The van der Waals surface area contributed by atoms with Crippen molar-refractivity contribution in [2.45, 2.75) is 232 Å². The number of esters is 3. The zero-order chi connectivity index (χ0) is 40.1. The number of ether oxygens (including phenoxy) is 4. The molecule has 0 fully saturated rings. The Morgan fingerprint density at radius 2 is 0.759 bits per heavy atom. The summed E-state index contributed by atoms with van der Waals surface area (Å²) in [7, 11) is -3.49. The molecule has 0 aliphatic rings. The Bertz CT molecular complexity index is 936. The summed E-state index contributed by atoms with van der Waals surface area (Å²) >= 11 is 0. The van der Waals surface area contributed by atoms with Crippen LogP contribution in [0.25, 0.3) is 0 Å². The summed E-state index contributed by atoms with van der Waals surface area (Å²) in [5.41, 5.74) is 0. The summed E-state index contributed by atoms with van der Waals surface area (Å²) in [6.07, 6.45) is 28.7. The third-order valence-electron chi connectivity index (χ3n) is 9.68. The molecule has 10 nitrogen and oxygen atoms in total. The van der Waals surface area contributed by atoms with Crippen molar-refractivity contribution in [1.29, 1.82) is 0 Å². The molecule has 0 aliphatic carbocycles. The van der Waals surface area contributed by atoms with Crippen molar-refractivity contribution in [3.8, 4) is 0 Å². The predicted molar refractivity (Wildman–Crippen MR) is 218 cm³/mol. The first-order chi connectivity index (χ1) is 26.0. The van der Waals surface area contributed by atoms with Crippen LogP contribution in [0, 0.1) is 0 Å². The van der Waals surface area contributed by atoms with Gasteiger partial charge in [-0.25, -0.2) is 4.79 Å². The van der Waals surface area contributed by atoms with Gasteiger partial charge in [0.15, 0.2) is 0 Å². The molecule has 0 bridgehead atoms. The van der Waals surface area contributed by atoms with Gasteiger partial charge >= 0.3 is 17.9 Å². The highest BCUT2D eigenvalue weighted by molar-refractivity contribution is 7.85. The molecule has 0 spiro atoms. The highest BCUT2D eigenvalue weighted by Gasteiger charge is 2.17. The number of unbranched alkanes of at least 4 members (excludes halogenated alkanes) is 14. The normalized spacial score (nSPS) is 11.9. The Morgan fingerprint density at radius 3 is 1.13 bits per heavy atom. The zero-order valence-corrected chi connectivity index (χ0v) is 36.2. The second kappa shape index (κ2) is 36.9. The van der Waals surface area contributed by atoms with E-state index in [1.807, 2.05) is 0 Å². The third kappa shape index (κ3) is 35.9. The maximum absolute atomic E-state index is 12.6. The van der Waals surface area contributed by atoms with Crippen LogP contribution in [0.5, 0.6) is 0 Å². The monoisotopic (exact) mass is 791 g/mol. The van der Waals surface area contributed by atoms with Crippen LogP contribution in [-0.4, -0.2) is 70.7 Å². The van der Waals surface area contributed by atoms with Gasteiger partial charge in [-0.1, -0.05) is 130 Å². The molecular formula is C43H82O10S. The molecule has 0 rings (SSSR count). The molecule has 0 aliphatic heterocycles. The van der Waals surface area contributed by atoms with Crippen LogP contribution in [-0.2, 0) is 47.6 Å². The van der Waals surface area contributed by atoms with E-state index in [1.54, 1.807) is 0 Å². The van der Waals surface area contributed by atoms with Crippen molar-refractivity contribution < 1.29 is 45.9 Å². The number of hydrogen-bond acceptors (Lipinski definition) is 10. The van der Waals surface area contributed by atoms with E-state index in [1.165, 1.54) is 0 Å². The predicted octanol–water partition coefficient (Wildman–Crippen LogP) is 11.1. The van der Waals surface area contributed by atoms with Gasteiger partial charge in [-0.3, -0.25) is 13.8 Å². The molecule has 0 heterocycles. The molecule has 320 valence electrons. The molecule has 0 N–H and O–H groups in total. The zero-order valence-electron chi connectivity index (χ0n) is 35.4. The van der Waals surface area contributed by atoms with Crippen LogP contribution >= 0.6 is 0 Å². The van der Waals surface area contributed by atoms with E-state index in [0.29, 0.717) is 19.3 Å². The van der Waals surface area contributed by atoms with E-state index in [9.17, 15) is 22.8 Å². The molecule has 0 saturated carbocycles. The molecule has 0 aromatic carbocycles. The van der Waals surface area contributed by atoms with Gasteiger partial charge in [-0.15, -0.1) is 0 Å². The van der Waals surface area contributed by atoms with E-state index in [-0.39, 0.29) is 50.1 Å². The fourth-order valence-electron chi connectivity index (χ4n) is 6.45. The van der Waals surface area contributed by atoms with E-state index in [4.69, 9.17) is 23.1 Å². The molecule has 0 radical (unpaired) electrons. The van der Waals surface area contributed by atoms with Crippen LogP contribution in [0.2, 0.25) is 0 Å². The van der Waals surface area contributed by atoms with Crippen molar-refractivity contribution >= 4 is 28.0 Å². The van der Waals surface area contributed by atoms with Crippen molar-refractivity contribution in [3.63, 3.8) is 0 Å². The van der Waals surface area contributed by atoms with E-state index in [0.717, 1.165) is 173 Å². The first kappa shape index (κ1) is 52.3. The highest BCUT2D eigenvalue weighted by Crippen LogP contribution is 2.19. The fraction of sp³-hybridized carbons (Fsp3) is 0.930. The first-order valence-electron chi connectivity index (χ1n) is 22.0. The minimum Gasteiger partial charge on any atom is -0.462 e. The number of hydrogen-bond donors (Lipinski definition) is 0. The van der Waals surface area contributed by atoms with Crippen molar-refractivity contribution in [3.05, 3.63) is 0 Å². The molecule has 54 heavy (non-hydrogen) atoms. The van der Waals surface area contributed by atoms with E-state index in [2.05, 4.69) is 27.7 Å². The van der Waals surface area contributed by atoms with E-state index < -0.39 is 16.1 Å². The Labute approximate surface area is 331 Å². The van der Waals surface area contributed by atoms with Gasteiger partial charge < -0.3 is 18.9 Å². The van der Waals surface area contributed by atoms with Crippen LogP contribution < -0.4 is 0 Å². The van der Waals surface area contributed by atoms with Gasteiger partial charge in [0.2, 0.25) is 0 Å². The summed E-state index contributed by atoms with van der Waals surface area (Å²) in [4.78, 5) is 37.3. The molecule has 11 heteroatoms. The van der Waals surface area contributed by atoms with Gasteiger partial charge in [-0.05, 0) is 70.6 Å². The molecule has 0 saturated heterocycles. The lowest BCUT2D eigenvalue weighted by Crippen LogP contribution is -2.22. The number of carbonyl (C=O) groups is 3. The van der Waals surface area contributed by atoms with Gasteiger partial charge in [-0.2, -0.15) is 8.42 Å². The van der Waals surface area contributed by atoms with Crippen molar-refractivity contribution in [1.82, 2.24) is 0 Å². The maximum Gasteiger partial charge on any atom is 0.332 e. The van der Waals surface area contributed by atoms with Gasteiger partial charge in [0.05, 0.1) is 12.9 Å². The molecule has 0 unspecified atom stereocenters. The minimum atomic E-state index is -3.49. The SMILES string of the molecule is CCCCC(CCCC)OC(=O)CCCCCCCCC(CCCCCCCCC(=O)OC(CCCC)CCCC)OC(=O)COCCCOS(C)(=O)=O. The second-order valence-corrected chi connectivity index (χ2v) is 16.8. The standard InChI is InChI=1S/C43H82O10S/c1-6-10-27-38(28-11-7-2)51-41(44)33-24-20-16-14-18-22-31-40(53-43(46)37-49-35-26-36-50-54(5,47)48)32-23-19-15-17-21-25-34-42(45)52-39(29-12-8-3)30-13-9-4/h38-40H,6-37H2,1-5H3. The quantitative estimate of drug-likeness (QED) is 0.0256. The lowest BCUT2D eigenvalue weighted by molar-refractivity contribution is -0.155. The van der Waals surface area contributed by atoms with Crippen LogP contribution in [0.3, 0.4) is 0 Å². The molecule has 0 aromatic rings. The Morgan fingerprint density at radius 1 is 0.426 bits per heavy atom. The van der Waals surface area contributed by atoms with Crippen molar-refractivity contribution in [2.75, 3.05) is 26.1 Å². The van der Waals surface area contributed by atoms with Gasteiger partial charge in [0, 0.05) is 19.4 Å². The third-order valence-corrected chi connectivity index (χ3v) is 10.3. The average molecular weight is 791 g/mol. The summed E-state index contributed by atoms with van der Waals surface area (Å²) in [5.74, 6) is -0.519. The molecule has 0 atom stereocenters. The minimum absolute atomic E-state index is 0.0157. The molecular weight excluding hydrogens is 709 g/mol. The lowest BCUT2D eigenvalue weighted by Gasteiger charge is -2.18. The highest BCUT2D eigenvalue weighted by atomic mass is 32.2. The smallest absolute Gasteiger partial charge is 0.332 e. The number of carbonyl (C=O) groups excluding carboxylic acids is 3. The summed E-state index contributed by atoms with van der Waals surface area (Å²) in [6, 6.07) is 0. The Hall–Kier alpha value is -1.72. The largest absolute Gasteiger partial charge is 0.462 e. The Balaban J connectivity index is 4.48. The van der Waals surface area contributed by atoms with E-state index >= 15 is 0 Å². The summed E-state index contributed by atoms with van der Waals surface area (Å²) in [6.45, 7) is 8.72. The topological polar surface area (TPSA) is 132 Å². The molecule has 0 aromatic heterocycles. The summed E-state index contributed by atoms with van der Waals surface area (Å²) < 4.78 is 49.7. The van der Waals surface area contributed by atoms with Crippen LogP contribution in [0.4, 0.5) is 0 Å². The van der Waals surface area contributed by atoms with Crippen LogP contribution in [0.15, 0.2) is 0 Å². The Kier molecular flexibility index (Phi) is 35.7. The summed E-state index contributed by atoms with van der Waals surface area (Å²) in [5, 5.41) is 0. The average Bonchev–Trinajstić information content (AvgIpc) is 3.13. The molecule has 0 amide bonds.